The molecular formula is C12H19BrF3NO. The molecule has 3 atom stereocenters. The molecule has 0 aromatic rings. The number of amides is 1. The number of rotatable bonds is 4. The van der Waals surface area contributed by atoms with Crippen LogP contribution in [0.1, 0.15) is 39.0 Å². The zero-order chi connectivity index (χ0) is 13.8. The van der Waals surface area contributed by atoms with Crippen molar-refractivity contribution in [1.82, 2.24) is 5.32 Å². The van der Waals surface area contributed by atoms with E-state index in [-0.39, 0.29) is 11.2 Å². The van der Waals surface area contributed by atoms with E-state index >= 15 is 0 Å². The molecule has 2 nitrogen and oxygen atoms in total. The molecule has 1 fully saturated rings. The lowest BCUT2D eigenvalue weighted by Gasteiger charge is -2.32. The fourth-order valence-electron chi connectivity index (χ4n) is 2.32. The number of halogens is 4. The summed E-state index contributed by atoms with van der Waals surface area (Å²) in [7, 11) is 0. The van der Waals surface area contributed by atoms with Gasteiger partial charge in [-0.25, -0.2) is 0 Å². The second-order valence-corrected chi connectivity index (χ2v) is 6.08. The quantitative estimate of drug-likeness (QED) is 0.784. The molecule has 1 rings (SSSR count). The molecule has 1 N–H and O–H groups in total. The third-order valence-electron chi connectivity index (χ3n) is 3.46. The van der Waals surface area contributed by atoms with Gasteiger partial charge in [-0.3, -0.25) is 4.79 Å². The van der Waals surface area contributed by atoms with Gasteiger partial charge in [0.25, 0.3) is 0 Å². The smallest absolute Gasteiger partial charge is 0.355 e. The summed E-state index contributed by atoms with van der Waals surface area (Å²) in [5.74, 6) is -2.83. The number of hydrogen-bond donors (Lipinski definition) is 1. The third-order valence-corrected chi connectivity index (χ3v) is 4.44. The van der Waals surface area contributed by atoms with Gasteiger partial charge in [-0.15, -0.1) is 0 Å². The molecule has 106 valence electrons. The Morgan fingerprint density at radius 2 is 2.00 bits per heavy atom. The highest BCUT2D eigenvalue weighted by Crippen LogP contribution is 2.41. The van der Waals surface area contributed by atoms with Gasteiger partial charge in [0.15, 0.2) is 0 Å². The first-order chi connectivity index (χ1) is 8.36. The molecule has 0 heterocycles. The van der Waals surface area contributed by atoms with E-state index < -0.39 is 23.9 Å². The lowest BCUT2D eigenvalue weighted by atomic mass is 9.78. The topological polar surface area (TPSA) is 29.1 Å². The summed E-state index contributed by atoms with van der Waals surface area (Å²) >= 11 is 3.35. The van der Waals surface area contributed by atoms with Crippen LogP contribution >= 0.6 is 15.9 Å². The van der Waals surface area contributed by atoms with Crippen LogP contribution in [0.15, 0.2) is 0 Å². The van der Waals surface area contributed by atoms with Gasteiger partial charge in [-0.05, 0) is 19.3 Å². The number of carbonyl (C=O) groups is 1. The summed E-state index contributed by atoms with van der Waals surface area (Å²) in [5.41, 5.74) is 0. The zero-order valence-electron chi connectivity index (χ0n) is 10.4. The van der Waals surface area contributed by atoms with Gasteiger partial charge in [0.2, 0.25) is 5.91 Å². The Morgan fingerprint density at radius 1 is 1.39 bits per heavy atom. The third kappa shape index (κ3) is 4.44. The molecule has 0 bridgehead atoms. The van der Waals surface area contributed by atoms with Crippen LogP contribution < -0.4 is 5.32 Å². The molecule has 0 spiro atoms. The van der Waals surface area contributed by atoms with E-state index in [2.05, 4.69) is 21.2 Å². The van der Waals surface area contributed by atoms with Crippen molar-refractivity contribution in [3.8, 4) is 0 Å². The maximum absolute atomic E-state index is 12.8. The monoisotopic (exact) mass is 329 g/mol. The number of nitrogens with one attached hydrogen (secondary N) is 1. The van der Waals surface area contributed by atoms with Crippen LogP contribution in [0, 0.1) is 11.8 Å². The highest BCUT2D eigenvalue weighted by molar-refractivity contribution is 9.09. The standard InChI is InChI=1S/C12H19BrF3NO/c1-2-8(13)7-17-11(18)9-5-3-4-6-10(9)12(14,15)16/h8-10H,2-7H2,1H3,(H,17,18). The average molecular weight is 330 g/mol. The zero-order valence-corrected chi connectivity index (χ0v) is 12.0. The summed E-state index contributed by atoms with van der Waals surface area (Å²) in [5, 5.41) is 2.62. The minimum Gasteiger partial charge on any atom is -0.355 e. The van der Waals surface area contributed by atoms with E-state index in [1.54, 1.807) is 0 Å². The first-order valence-corrected chi connectivity index (χ1v) is 7.26. The fourth-order valence-corrected chi connectivity index (χ4v) is 2.49. The van der Waals surface area contributed by atoms with Gasteiger partial charge in [-0.2, -0.15) is 13.2 Å². The molecular weight excluding hydrogens is 311 g/mol. The highest BCUT2D eigenvalue weighted by atomic mass is 79.9. The van der Waals surface area contributed by atoms with Crippen LogP contribution in [0.2, 0.25) is 0 Å². The largest absolute Gasteiger partial charge is 0.392 e. The minimum absolute atomic E-state index is 0.0765. The second kappa shape index (κ2) is 6.78. The van der Waals surface area contributed by atoms with Crippen molar-refractivity contribution < 1.29 is 18.0 Å². The molecule has 3 unspecified atom stereocenters. The fraction of sp³-hybridized carbons (Fsp3) is 0.917. The molecule has 0 aliphatic heterocycles. The van der Waals surface area contributed by atoms with Crippen molar-refractivity contribution in [2.45, 2.75) is 50.0 Å². The SMILES string of the molecule is CCC(Br)CNC(=O)C1CCCCC1C(F)(F)F. The van der Waals surface area contributed by atoms with Gasteiger partial charge in [0, 0.05) is 17.3 Å². The summed E-state index contributed by atoms with van der Waals surface area (Å²) < 4.78 is 38.5. The molecule has 1 saturated carbocycles. The molecule has 1 aliphatic rings. The van der Waals surface area contributed by atoms with Gasteiger partial charge in [0.05, 0.1) is 5.92 Å². The van der Waals surface area contributed by atoms with Crippen LogP contribution in [0.5, 0.6) is 0 Å². The summed E-state index contributed by atoms with van der Waals surface area (Å²) in [6, 6.07) is 0. The van der Waals surface area contributed by atoms with E-state index in [1.165, 1.54) is 0 Å². The average Bonchev–Trinajstić information content (AvgIpc) is 2.34. The van der Waals surface area contributed by atoms with Gasteiger partial charge < -0.3 is 5.32 Å². The normalized spacial score (nSPS) is 26.7. The van der Waals surface area contributed by atoms with Crippen LogP contribution in [0.3, 0.4) is 0 Å². The van der Waals surface area contributed by atoms with Gasteiger partial charge in [-0.1, -0.05) is 35.7 Å². The summed E-state index contributed by atoms with van der Waals surface area (Å²) in [6.07, 6.45) is -1.75. The molecule has 0 radical (unpaired) electrons. The molecule has 1 amide bonds. The second-order valence-electron chi connectivity index (χ2n) is 4.79. The van der Waals surface area contributed by atoms with Crippen molar-refractivity contribution >= 4 is 21.8 Å². The lowest BCUT2D eigenvalue weighted by molar-refractivity contribution is -0.198. The van der Waals surface area contributed by atoms with Gasteiger partial charge >= 0.3 is 6.18 Å². The first kappa shape index (κ1) is 15.8. The number of alkyl halides is 4. The Bertz CT molecular complexity index is 283. The van der Waals surface area contributed by atoms with E-state index in [9.17, 15) is 18.0 Å². The van der Waals surface area contributed by atoms with Crippen molar-refractivity contribution in [3.05, 3.63) is 0 Å². The maximum atomic E-state index is 12.8. The van der Waals surface area contributed by atoms with Crippen LogP contribution in [0.4, 0.5) is 13.2 Å². The van der Waals surface area contributed by atoms with E-state index in [4.69, 9.17) is 0 Å². The summed E-state index contributed by atoms with van der Waals surface area (Å²) in [6.45, 7) is 2.33. The predicted octanol–water partition coefficient (Wildman–Crippen LogP) is 3.64. The van der Waals surface area contributed by atoms with Crippen LogP contribution in [-0.4, -0.2) is 23.5 Å². The predicted molar refractivity (Wildman–Crippen MR) is 67.5 cm³/mol. The Morgan fingerprint density at radius 3 is 2.56 bits per heavy atom. The Balaban J connectivity index is 2.58. The highest BCUT2D eigenvalue weighted by Gasteiger charge is 2.47. The van der Waals surface area contributed by atoms with Gasteiger partial charge in [0.1, 0.15) is 0 Å². The van der Waals surface area contributed by atoms with Crippen molar-refractivity contribution in [2.75, 3.05) is 6.54 Å². The maximum Gasteiger partial charge on any atom is 0.392 e. The molecule has 0 aromatic heterocycles. The van der Waals surface area contributed by atoms with E-state index in [0.717, 1.165) is 6.42 Å². The Hall–Kier alpha value is -0.260. The number of hydrogen-bond acceptors (Lipinski definition) is 1. The first-order valence-electron chi connectivity index (χ1n) is 6.34. The molecule has 0 saturated heterocycles. The molecule has 6 heteroatoms. The van der Waals surface area contributed by atoms with Crippen LogP contribution in [-0.2, 0) is 4.79 Å². The van der Waals surface area contributed by atoms with Crippen molar-refractivity contribution in [2.24, 2.45) is 11.8 Å². The van der Waals surface area contributed by atoms with Crippen molar-refractivity contribution in [1.29, 1.82) is 0 Å². The molecule has 1 aliphatic carbocycles. The van der Waals surface area contributed by atoms with E-state index in [1.807, 2.05) is 6.92 Å². The van der Waals surface area contributed by atoms with E-state index in [0.29, 0.717) is 25.8 Å². The Kier molecular flexibility index (Phi) is 5.95. The van der Waals surface area contributed by atoms with Crippen LogP contribution in [0.25, 0.3) is 0 Å². The summed E-state index contributed by atoms with van der Waals surface area (Å²) in [4.78, 5) is 12.0. The lowest BCUT2D eigenvalue weighted by Crippen LogP contribution is -2.43. The minimum atomic E-state index is -4.26. The Labute approximate surface area is 114 Å². The molecule has 18 heavy (non-hydrogen) atoms. The number of carbonyl (C=O) groups excluding carboxylic acids is 1. The molecule has 0 aromatic carbocycles. The van der Waals surface area contributed by atoms with Crippen molar-refractivity contribution in [3.63, 3.8) is 0 Å².